The monoisotopic (exact) mass is 360 g/mol. The summed E-state index contributed by atoms with van der Waals surface area (Å²) >= 11 is 0. The summed E-state index contributed by atoms with van der Waals surface area (Å²) in [7, 11) is 0. The molecule has 1 saturated heterocycles. The number of fused-ring (bicyclic) bond motifs is 3. The van der Waals surface area contributed by atoms with Crippen LogP contribution in [0.5, 0.6) is 0 Å². The molecule has 7 nitrogen and oxygen atoms in total. The number of aliphatic hydroxyl groups is 1. The molecular weight excluding hydrogens is 340 g/mol. The van der Waals surface area contributed by atoms with Crippen LogP contribution in [-0.2, 0) is 28.6 Å². The van der Waals surface area contributed by atoms with Gasteiger partial charge in [0.05, 0.1) is 12.5 Å². The molecule has 1 N–H and O–H groups in total. The first-order valence-electron chi connectivity index (χ1n) is 8.19. The number of carbonyl (C=O) groups excluding carboxylic acids is 3. The highest BCUT2D eigenvalue weighted by atomic mass is 16.6. The number of ether oxygens (including phenoxy) is 3. The van der Waals surface area contributed by atoms with Crippen LogP contribution in [-0.4, -0.2) is 47.2 Å². The van der Waals surface area contributed by atoms with Gasteiger partial charge < -0.3 is 19.3 Å². The summed E-state index contributed by atoms with van der Waals surface area (Å²) in [5.74, 6) is -2.03. The van der Waals surface area contributed by atoms with Crippen LogP contribution in [0.25, 0.3) is 0 Å². The summed E-state index contributed by atoms with van der Waals surface area (Å²) in [6.45, 7) is 9.99. The molecule has 3 aliphatic rings. The highest BCUT2D eigenvalue weighted by molar-refractivity contribution is 6.00. The molecule has 0 radical (unpaired) electrons. The maximum Gasteiger partial charge on any atom is 0.334 e. The van der Waals surface area contributed by atoms with Crippen LogP contribution >= 0.6 is 0 Å². The fourth-order valence-electron chi connectivity index (χ4n) is 3.35. The minimum atomic E-state index is -1.29. The molecular formula is C19H20O7. The second-order valence-corrected chi connectivity index (χ2v) is 6.90. The zero-order valence-corrected chi connectivity index (χ0v) is 14.6. The van der Waals surface area contributed by atoms with E-state index in [1.807, 2.05) is 0 Å². The second kappa shape index (κ2) is 6.25. The smallest absolute Gasteiger partial charge is 0.334 e. The van der Waals surface area contributed by atoms with Crippen molar-refractivity contribution in [3.63, 3.8) is 0 Å². The lowest BCUT2D eigenvalue weighted by atomic mass is 9.82. The number of aliphatic hydroxyl groups excluding tert-OH is 1. The Kier molecular flexibility index (Phi) is 4.36. The minimum Gasteiger partial charge on any atom is -0.479 e. The Morgan fingerprint density at radius 2 is 2.15 bits per heavy atom. The predicted molar refractivity (Wildman–Crippen MR) is 89.6 cm³/mol. The van der Waals surface area contributed by atoms with Gasteiger partial charge in [-0.2, -0.15) is 0 Å². The summed E-state index contributed by atoms with van der Waals surface area (Å²) in [5.41, 5.74) is -0.631. The lowest BCUT2D eigenvalue weighted by molar-refractivity contribution is -0.153. The number of ketones is 1. The molecule has 4 atom stereocenters. The lowest BCUT2D eigenvalue weighted by Crippen LogP contribution is -2.42. The number of hydrogen-bond donors (Lipinski definition) is 1. The van der Waals surface area contributed by atoms with Crippen LogP contribution in [0.1, 0.15) is 20.3 Å². The SMILES string of the molecule is C=C(C)C(=O)O[C@H]1C[C@@]2(C)OC(=CC2=O)/C(CO)=C/[C@@H]2OC(=O)C(=C)[C@@H]21. The number of hydrogen-bond acceptors (Lipinski definition) is 7. The maximum atomic E-state index is 12.5. The molecule has 2 bridgehead atoms. The first-order valence-corrected chi connectivity index (χ1v) is 8.19. The molecule has 7 heteroatoms. The highest BCUT2D eigenvalue weighted by Gasteiger charge is 2.52. The van der Waals surface area contributed by atoms with Crippen molar-refractivity contribution < 1.29 is 33.7 Å². The Morgan fingerprint density at radius 1 is 1.46 bits per heavy atom. The Hall–Kier alpha value is -2.67. The van der Waals surface area contributed by atoms with E-state index in [1.54, 1.807) is 6.92 Å². The molecule has 0 saturated carbocycles. The van der Waals surface area contributed by atoms with Crippen molar-refractivity contribution in [2.75, 3.05) is 6.61 Å². The van der Waals surface area contributed by atoms with Gasteiger partial charge in [-0.25, -0.2) is 9.59 Å². The Bertz CT molecular complexity index is 788. The normalized spacial score (nSPS) is 35.0. The van der Waals surface area contributed by atoms with Gasteiger partial charge in [-0.05, 0) is 19.9 Å². The molecule has 138 valence electrons. The van der Waals surface area contributed by atoms with Gasteiger partial charge in [0.15, 0.2) is 5.60 Å². The van der Waals surface area contributed by atoms with Crippen LogP contribution in [0.3, 0.4) is 0 Å². The third kappa shape index (κ3) is 2.88. The number of rotatable bonds is 3. The van der Waals surface area contributed by atoms with E-state index in [9.17, 15) is 19.5 Å². The van der Waals surface area contributed by atoms with Crippen molar-refractivity contribution in [3.8, 4) is 0 Å². The van der Waals surface area contributed by atoms with E-state index in [-0.39, 0.29) is 29.1 Å². The first-order chi connectivity index (χ1) is 12.2. The first kappa shape index (κ1) is 18.1. The van der Waals surface area contributed by atoms with E-state index in [1.165, 1.54) is 19.1 Å². The zero-order chi connectivity index (χ0) is 19.2. The third-order valence-electron chi connectivity index (χ3n) is 4.83. The predicted octanol–water partition coefficient (Wildman–Crippen LogP) is 1.14. The second-order valence-electron chi connectivity index (χ2n) is 6.90. The van der Waals surface area contributed by atoms with Gasteiger partial charge in [-0.3, -0.25) is 4.79 Å². The van der Waals surface area contributed by atoms with E-state index < -0.39 is 42.3 Å². The minimum absolute atomic E-state index is 0.00816. The van der Waals surface area contributed by atoms with Crippen molar-refractivity contribution in [1.82, 2.24) is 0 Å². The standard InChI is InChI=1S/C19H20O7/c1-9(2)17(22)25-14-7-19(4)15(21)6-12(26-19)11(8-20)5-13-16(14)10(3)18(23)24-13/h5-6,13-14,16,20H,1,3,7-8H2,2,4H3/b11-5+/t13-,14-,16-,19+/m0/s1. The molecule has 0 aliphatic carbocycles. The third-order valence-corrected chi connectivity index (χ3v) is 4.83. The molecule has 3 heterocycles. The molecule has 1 fully saturated rings. The molecule has 0 aromatic rings. The van der Waals surface area contributed by atoms with Gasteiger partial charge >= 0.3 is 11.9 Å². The van der Waals surface area contributed by atoms with E-state index in [4.69, 9.17) is 14.2 Å². The van der Waals surface area contributed by atoms with Crippen LogP contribution in [0.2, 0.25) is 0 Å². The number of esters is 2. The van der Waals surface area contributed by atoms with Crippen LogP contribution in [0.4, 0.5) is 0 Å². The van der Waals surface area contributed by atoms with Crippen molar-refractivity contribution in [3.05, 3.63) is 47.8 Å². The van der Waals surface area contributed by atoms with Gasteiger partial charge in [-0.15, -0.1) is 0 Å². The molecule has 26 heavy (non-hydrogen) atoms. The van der Waals surface area contributed by atoms with E-state index in [0.717, 1.165) is 0 Å². The summed E-state index contributed by atoms with van der Waals surface area (Å²) in [6.07, 6.45) is 1.14. The topological polar surface area (TPSA) is 99.1 Å². The van der Waals surface area contributed by atoms with Gasteiger partial charge in [0.2, 0.25) is 5.78 Å². The van der Waals surface area contributed by atoms with E-state index in [0.29, 0.717) is 5.57 Å². The molecule has 0 aromatic carbocycles. The van der Waals surface area contributed by atoms with Crippen LogP contribution in [0.15, 0.2) is 47.8 Å². The molecule has 0 spiro atoms. The van der Waals surface area contributed by atoms with Crippen LogP contribution < -0.4 is 0 Å². The van der Waals surface area contributed by atoms with Gasteiger partial charge in [0, 0.05) is 29.2 Å². The molecule has 0 aromatic heterocycles. The summed E-state index contributed by atoms with van der Waals surface area (Å²) in [6, 6.07) is 0. The van der Waals surface area contributed by atoms with E-state index >= 15 is 0 Å². The maximum absolute atomic E-state index is 12.5. The molecule has 0 unspecified atom stereocenters. The average Bonchev–Trinajstić information content (AvgIpc) is 3.01. The summed E-state index contributed by atoms with van der Waals surface area (Å²) in [5, 5.41) is 9.67. The molecule has 3 aliphatic heterocycles. The van der Waals surface area contributed by atoms with Gasteiger partial charge in [0.1, 0.15) is 18.0 Å². The van der Waals surface area contributed by atoms with E-state index in [2.05, 4.69) is 13.2 Å². The fraction of sp³-hybridized carbons (Fsp3) is 0.421. The fourth-order valence-corrected chi connectivity index (χ4v) is 3.35. The van der Waals surface area contributed by atoms with Crippen molar-refractivity contribution in [2.24, 2.45) is 5.92 Å². The van der Waals surface area contributed by atoms with Gasteiger partial charge in [-0.1, -0.05) is 13.2 Å². The Morgan fingerprint density at radius 3 is 2.77 bits per heavy atom. The number of carbonyl (C=O) groups is 3. The van der Waals surface area contributed by atoms with Crippen molar-refractivity contribution in [2.45, 2.75) is 38.1 Å². The summed E-state index contributed by atoms with van der Waals surface area (Å²) in [4.78, 5) is 36.6. The van der Waals surface area contributed by atoms with Crippen LogP contribution in [0, 0.1) is 5.92 Å². The zero-order valence-electron chi connectivity index (χ0n) is 14.6. The quantitative estimate of drug-likeness (QED) is 0.595. The lowest BCUT2D eigenvalue weighted by Gasteiger charge is -2.31. The average molecular weight is 360 g/mol. The van der Waals surface area contributed by atoms with Crippen molar-refractivity contribution >= 4 is 17.7 Å². The van der Waals surface area contributed by atoms with Gasteiger partial charge in [0.25, 0.3) is 0 Å². The Labute approximate surface area is 150 Å². The Balaban J connectivity index is 2.09. The highest BCUT2D eigenvalue weighted by Crippen LogP contribution is 2.42. The largest absolute Gasteiger partial charge is 0.479 e. The molecule has 3 rings (SSSR count). The molecule has 0 amide bonds. The van der Waals surface area contributed by atoms with Crippen molar-refractivity contribution in [1.29, 1.82) is 0 Å². The summed E-state index contributed by atoms with van der Waals surface area (Å²) < 4.78 is 16.6.